The average Bonchev–Trinajstić information content (AvgIpc) is 3.13. The number of aromatic nitrogens is 2. The van der Waals surface area contributed by atoms with Crippen molar-refractivity contribution >= 4 is 27.5 Å². The Balaban J connectivity index is 1.73. The van der Waals surface area contributed by atoms with E-state index >= 15 is 0 Å². The molecule has 0 aliphatic heterocycles. The molecular formula is C25H24N2O4S. The van der Waals surface area contributed by atoms with Crippen LogP contribution in [0.2, 0.25) is 0 Å². The normalized spacial score (nSPS) is 11.0. The molecule has 0 bridgehead atoms. The summed E-state index contributed by atoms with van der Waals surface area (Å²) in [7, 11) is 0. The van der Waals surface area contributed by atoms with Crippen molar-refractivity contribution in [2.24, 2.45) is 0 Å². The van der Waals surface area contributed by atoms with E-state index in [1.54, 1.807) is 36.0 Å². The zero-order valence-corrected chi connectivity index (χ0v) is 19.1. The molecule has 2 heterocycles. The highest BCUT2D eigenvalue weighted by Gasteiger charge is 2.17. The number of esters is 1. The fourth-order valence-corrected chi connectivity index (χ4v) is 4.69. The molecule has 0 spiro atoms. The van der Waals surface area contributed by atoms with E-state index in [4.69, 9.17) is 9.47 Å². The van der Waals surface area contributed by atoms with Gasteiger partial charge in [0.1, 0.15) is 10.6 Å². The van der Waals surface area contributed by atoms with Crippen molar-refractivity contribution in [3.8, 4) is 16.9 Å². The summed E-state index contributed by atoms with van der Waals surface area (Å²) in [5.74, 6) is 0.423. The molecule has 6 nitrogen and oxygen atoms in total. The fraction of sp³-hybridized carbons (Fsp3) is 0.240. The number of fused-ring (bicyclic) bond motifs is 1. The number of nitrogens with zero attached hydrogens (tertiary/aromatic N) is 2. The average molecular weight is 449 g/mol. The molecule has 32 heavy (non-hydrogen) atoms. The van der Waals surface area contributed by atoms with Crippen LogP contribution in [-0.2, 0) is 11.3 Å². The largest absolute Gasteiger partial charge is 0.494 e. The van der Waals surface area contributed by atoms with Gasteiger partial charge in [0.2, 0.25) is 0 Å². The maximum absolute atomic E-state index is 13.4. The first kappa shape index (κ1) is 21.8. The van der Waals surface area contributed by atoms with Gasteiger partial charge in [-0.15, -0.1) is 11.3 Å². The van der Waals surface area contributed by atoms with Gasteiger partial charge in [-0.3, -0.25) is 9.36 Å². The third kappa shape index (κ3) is 4.29. The third-order valence-electron chi connectivity index (χ3n) is 5.10. The van der Waals surface area contributed by atoms with Gasteiger partial charge in [-0.05, 0) is 56.2 Å². The van der Waals surface area contributed by atoms with Crippen LogP contribution in [0.5, 0.6) is 5.75 Å². The summed E-state index contributed by atoms with van der Waals surface area (Å²) in [5.41, 5.74) is 3.05. The van der Waals surface area contributed by atoms with Gasteiger partial charge in [-0.2, -0.15) is 0 Å². The minimum absolute atomic E-state index is 0.107. The van der Waals surface area contributed by atoms with E-state index in [0.717, 1.165) is 27.3 Å². The number of carbonyl (C=O) groups excluding carboxylic acids is 1. The van der Waals surface area contributed by atoms with Gasteiger partial charge in [0, 0.05) is 10.4 Å². The highest BCUT2D eigenvalue weighted by Crippen LogP contribution is 2.36. The van der Waals surface area contributed by atoms with Crippen molar-refractivity contribution in [1.82, 2.24) is 9.55 Å². The summed E-state index contributed by atoms with van der Waals surface area (Å²) in [6, 6.07) is 14.9. The first-order chi connectivity index (χ1) is 15.5. The Morgan fingerprint density at radius 3 is 2.59 bits per heavy atom. The maximum Gasteiger partial charge on any atom is 0.338 e. The molecule has 0 saturated carbocycles. The Hall–Kier alpha value is -3.45. The number of aryl methyl sites for hydroxylation is 1. The van der Waals surface area contributed by atoms with E-state index < -0.39 is 0 Å². The van der Waals surface area contributed by atoms with E-state index in [2.05, 4.69) is 4.98 Å². The molecule has 0 atom stereocenters. The Labute approximate surface area is 190 Å². The molecule has 0 radical (unpaired) electrons. The molecule has 0 fully saturated rings. The fourth-order valence-electron chi connectivity index (χ4n) is 3.69. The molecule has 0 aliphatic rings. The predicted octanol–water partition coefficient (Wildman–Crippen LogP) is 5.06. The van der Waals surface area contributed by atoms with Crippen molar-refractivity contribution in [3.05, 3.63) is 81.2 Å². The summed E-state index contributed by atoms with van der Waals surface area (Å²) in [6.07, 6.45) is 1.57. The zero-order valence-electron chi connectivity index (χ0n) is 18.3. The molecule has 0 amide bonds. The second-order valence-corrected chi connectivity index (χ2v) is 8.47. The number of carbonyl (C=O) groups is 1. The van der Waals surface area contributed by atoms with Crippen LogP contribution in [0, 0.1) is 6.92 Å². The van der Waals surface area contributed by atoms with Gasteiger partial charge in [0.25, 0.3) is 5.56 Å². The number of hydrogen-bond donors (Lipinski definition) is 0. The van der Waals surface area contributed by atoms with Gasteiger partial charge in [-0.25, -0.2) is 9.78 Å². The first-order valence-corrected chi connectivity index (χ1v) is 11.3. The Bertz CT molecular complexity index is 1320. The van der Waals surface area contributed by atoms with Crippen molar-refractivity contribution in [3.63, 3.8) is 0 Å². The monoisotopic (exact) mass is 448 g/mol. The molecule has 0 N–H and O–H groups in total. The molecule has 0 aliphatic carbocycles. The Morgan fingerprint density at radius 2 is 1.88 bits per heavy atom. The molecular weight excluding hydrogens is 424 g/mol. The first-order valence-electron chi connectivity index (χ1n) is 10.5. The highest BCUT2D eigenvalue weighted by molar-refractivity contribution is 7.19. The lowest BCUT2D eigenvalue weighted by Crippen LogP contribution is -2.21. The molecule has 2 aromatic heterocycles. The second-order valence-electron chi connectivity index (χ2n) is 7.27. The van der Waals surface area contributed by atoms with Gasteiger partial charge < -0.3 is 9.47 Å². The van der Waals surface area contributed by atoms with Crippen LogP contribution in [0.15, 0.2) is 59.7 Å². The van der Waals surface area contributed by atoms with Crippen molar-refractivity contribution < 1.29 is 14.3 Å². The van der Waals surface area contributed by atoms with Gasteiger partial charge in [0.05, 0.1) is 37.0 Å². The topological polar surface area (TPSA) is 70.4 Å². The zero-order chi connectivity index (χ0) is 22.7. The van der Waals surface area contributed by atoms with Gasteiger partial charge in [-0.1, -0.05) is 24.3 Å². The van der Waals surface area contributed by atoms with Crippen LogP contribution in [0.3, 0.4) is 0 Å². The van der Waals surface area contributed by atoms with E-state index in [1.165, 1.54) is 11.3 Å². The minimum Gasteiger partial charge on any atom is -0.494 e. The van der Waals surface area contributed by atoms with Gasteiger partial charge in [0.15, 0.2) is 0 Å². The summed E-state index contributed by atoms with van der Waals surface area (Å²) < 4.78 is 12.2. The smallest absolute Gasteiger partial charge is 0.338 e. The van der Waals surface area contributed by atoms with Crippen LogP contribution >= 0.6 is 11.3 Å². The summed E-state index contributed by atoms with van der Waals surface area (Å²) in [4.78, 5) is 31.8. The molecule has 2 aromatic carbocycles. The molecule has 164 valence electrons. The van der Waals surface area contributed by atoms with Gasteiger partial charge >= 0.3 is 5.97 Å². The number of hydrogen-bond acceptors (Lipinski definition) is 6. The molecule has 0 saturated heterocycles. The quantitative estimate of drug-likeness (QED) is 0.370. The van der Waals surface area contributed by atoms with Crippen LogP contribution in [-0.4, -0.2) is 28.7 Å². The van der Waals surface area contributed by atoms with E-state index in [-0.39, 0.29) is 11.5 Å². The number of rotatable bonds is 7. The number of thiophene rings is 1. The lowest BCUT2D eigenvalue weighted by atomic mass is 10.0. The lowest BCUT2D eigenvalue weighted by Gasteiger charge is -2.09. The standard InChI is InChI=1S/C25H24N2O4S/c1-4-30-20-11-9-18(10-12-20)21-16(3)32-23-22(21)24(28)27(15-26-23)14-17-7-6-8-19(13-17)25(29)31-5-2/h6-13,15H,4-5,14H2,1-3H3. The van der Waals surface area contributed by atoms with Crippen LogP contribution in [0.1, 0.15) is 34.6 Å². The highest BCUT2D eigenvalue weighted by atomic mass is 32.1. The Morgan fingerprint density at radius 1 is 1.09 bits per heavy atom. The maximum atomic E-state index is 13.4. The van der Waals surface area contributed by atoms with E-state index in [1.807, 2.05) is 44.2 Å². The SMILES string of the molecule is CCOC(=O)c1cccc(Cn2cnc3sc(C)c(-c4ccc(OCC)cc4)c3c2=O)c1. The molecule has 7 heteroatoms. The summed E-state index contributed by atoms with van der Waals surface area (Å²) >= 11 is 1.51. The van der Waals surface area contributed by atoms with Crippen LogP contribution < -0.4 is 10.3 Å². The number of benzene rings is 2. The summed E-state index contributed by atoms with van der Waals surface area (Å²) in [6.45, 7) is 6.95. The van der Waals surface area contributed by atoms with Crippen molar-refractivity contribution in [2.45, 2.75) is 27.3 Å². The van der Waals surface area contributed by atoms with E-state index in [9.17, 15) is 9.59 Å². The van der Waals surface area contributed by atoms with Crippen molar-refractivity contribution in [1.29, 1.82) is 0 Å². The van der Waals surface area contributed by atoms with E-state index in [0.29, 0.717) is 35.5 Å². The predicted molar refractivity (Wildman–Crippen MR) is 127 cm³/mol. The van der Waals surface area contributed by atoms with Crippen LogP contribution in [0.25, 0.3) is 21.3 Å². The lowest BCUT2D eigenvalue weighted by molar-refractivity contribution is 0.0526. The molecule has 0 unspecified atom stereocenters. The number of ether oxygens (including phenoxy) is 2. The molecule has 4 aromatic rings. The third-order valence-corrected chi connectivity index (χ3v) is 6.11. The molecule has 4 rings (SSSR count). The minimum atomic E-state index is -0.374. The second kappa shape index (κ2) is 9.36. The Kier molecular flexibility index (Phi) is 6.37. The van der Waals surface area contributed by atoms with Crippen molar-refractivity contribution in [2.75, 3.05) is 13.2 Å². The van der Waals surface area contributed by atoms with Crippen LogP contribution in [0.4, 0.5) is 0 Å². The summed E-state index contributed by atoms with van der Waals surface area (Å²) in [5, 5.41) is 0.612.